The minimum atomic E-state index is -4.34. The first kappa shape index (κ1) is 24.5. The van der Waals surface area contributed by atoms with Crippen LogP contribution in [0.25, 0.3) is 0 Å². The Labute approximate surface area is 177 Å². The Morgan fingerprint density at radius 2 is 1.77 bits per heavy atom. The highest BCUT2D eigenvalue weighted by molar-refractivity contribution is 7.92. The lowest BCUT2D eigenvalue weighted by Crippen LogP contribution is -2.52. The number of benzene rings is 1. The zero-order chi connectivity index (χ0) is 22.6. The van der Waals surface area contributed by atoms with Crippen LogP contribution in [0.5, 0.6) is 0 Å². The van der Waals surface area contributed by atoms with E-state index in [2.05, 4.69) is 15.2 Å². The number of hydrogen-bond donors (Lipinski definition) is 1. The minimum Gasteiger partial charge on any atom is -0.355 e. The van der Waals surface area contributed by atoms with E-state index in [9.17, 15) is 21.6 Å². The SMILES string of the molecule is CN=C(NCCS(=O)(=O)C(C)(C)C)N1CCN(Cc2cccc(C(F)(F)F)c2)CC1. The van der Waals surface area contributed by atoms with Gasteiger partial charge in [0.1, 0.15) is 0 Å². The normalized spacial score (nSPS) is 17.3. The van der Waals surface area contributed by atoms with Crippen LogP contribution in [0.4, 0.5) is 13.2 Å². The van der Waals surface area contributed by atoms with E-state index in [1.165, 1.54) is 12.1 Å². The van der Waals surface area contributed by atoms with Gasteiger partial charge in [0.15, 0.2) is 15.8 Å². The average Bonchev–Trinajstić information content (AvgIpc) is 2.65. The summed E-state index contributed by atoms with van der Waals surface area (Å²) in [5.41, 5.74) is 0.00150. The monoisotopic (exact) mass is 448 g/mol. The molecule has 1 heterocycles. The Balaban J connectivity index is 1.86. The van der Waals surface area contributed by atoms with E-state index in [1.807, 2.05) is 4.90 Å². The molecule has 0 bridgehead atoms. The summed E-state index contributed by atoms with van der Waals surface area (Å²) < 4.78 is 62.3. The van der Waals surface area contributed by atoms with Gasteiger partial charge in [0.05, 0.1) is 16.1 Å². The molecule has 170 valence electrons. The highest BCUT2D eigenvalue weighted by Crippen LogP contribution is 2.29. The van der Waals surface area contributed by atoms with Crippen molar-refractivity contribution in [2.24, 2.45) is 4.99 Å². The number of hydrogen-bond acceptors (Lipinski definition) is 4. The molecule has 0 unspecified atom stereocenters. The summed E-state index contributed by atoms with van der Waals surface area (Å²) in [6.45, 7) is 8.44. The van der Waals surface area contributed by atoms with Gasteiger partial charge >= 0.3 is 6.18 Å². The van der Waals surface area contributed by atoms with Crippen molar-refractivity contribution >= 4 is 15.8 Å². The van der Waals surface area contributed by atoms with E-state index in [1.54, 1.807) is 33.9 Å². The number of nitrogens with one attached hydrogen (secondary N) is 1. The Hall–Kier alpha value is -1.81. The van der Waals surface area contributed by atoms with Crippen molar-refractivity contribution in [1.82, 2.24) is 15.1 Å². The van der Waals surface area contributed by atoms with Crippen molar-refractivity contribution in [3.63, 3.8) is 0 Å². The molecular weight excluding hydrogens is 417 g/mol. The predicted octanol–water partition coefficient (Wildman–Crippen LogP) is 2.61. The number of sulfone groups is 1. The molecule has 2 rings (SSSR count). The second-order valence-electron chi connectivity index (χ2n) is 8.37. The minimum absolute atomic E-state index is 0.0189. The molecule has 0 atom stereocenters. The Kier molecular flexibility index (Phi) is 7.79. The number of guanidine groups is 1. The topological polar surface area (TPSA) is 65.0 Å². The van der Waals surface area contributed by atoms with Crippen LogP contribution in [0.1, 0.15) is 31.9 Å². The van der Waals surface area contributed by atoms with Crippen LogP contribution < -0.4 is 5.32 Å². The molecule has 0 aliphatic carbocycles. The van der Waals surface area contributed by atoms with Crippen molar-refractivity contribution < 1.29 is 21.6 Å². The molecule has 1 saturated heterocycles. The number of rotatable bonds is 5. The summed E-state index contributed by atoms with van der Waals surface area (Å²) >= 11 is 0. The van der Waals surface area contributed by atoms with Crippen LogP contribution in [0.3, 0.4) is 0 Å². The quantitative estimate of drug-likeness (QED) is 0.554. The van der Waals surface area contributed by atoms with Gasteiger partial charge in [-0.25, -0.2) is 8.42 Å². The molecule has 0 radical (unpaired) electrons. The maximum Gasteiger partial charge on any atom is 0.416 e. The van der Waals surface area contributed by atoms with Gasteiger partial charge in [0, 0.05) is 46.3 Å². The van der Waals surface area contributed by atoms with E-state index in [0.717, 1.165) is 6.07 Å². The van der Waals surface area contributed by atoms with Gasteiger partial charge in [-0.1, -0.05) is 18.2 Å². The van der Waals surface area contributed by atoms with E-state index in [0.29, 0.717) is 44.2 Å². The third-order valence-electron chi connectivity index (χ3n) is 5.13. The second-order valence-corrected chi connectivity index (χ2v) is 11.2. The highest BCUT2D eigenvalue weighted by atomic mass is 32.2. The van der Waals surface area contributed by atoms with Crippen molar-refractivity contribution in [3.8, 4) is 0 Å². The third-order valence-corrected chi connectivity index (χ3v) is 7.74. The third kappa shape index (κ3) is 6.60. The van der Waals surface area contributed by atoms with Gasteiger partial charge in [-0.05, 0) is 32.4 Å². The van der Waals surface area contributed by atoms with Gasteiger partial charge in [-0.3, -0.25) is 9.89 Å². The number of halogens is 3. The van der Waals surface area contributed by atoms with E-state index >= 15 is 0 Å². The fourth-order valence-corrected chi connectivity index (χ4v) is 4.14. The average molecular weight is 449 g/mol. The number of aliphatic imine (C=N–C) groups is 1. The van der Waals surface area contributed by atoms with Crippen molar-refractivity contribution in [2.45, 2.75) is 38.2 Å². The number of nitrogens with zero attached hydrogens (tertiary/aromatic N) is 3. The maximum atomic E-state index is 12.9. The summed E-state index contributed by atoms with van der Waals surface area (Å²) in [6, 6.07) is 5.42. The number of piperazine rings is 1. The van der Waals surface area contributed by atoms with Gasteiger partial charge in [0.2, 0.25) is 0 Å². The molecule has 0 aromatic heterocycles. The van der Waals surface area contributed by atoms with Gasteiger partial charge in [-0.15, -0.1) is 0 Å². The molecule has 1 aromatic rings. The number of alkyl halides is 3. The zero-order valence-electron chi connectivity index (χ0n) is 18.0. The summed E-state index contributed by atoms with van der Waals surface area (Å²) in [5.74, 6) is 0.656. The summed E-state index contributed by atoms with van der Waals surface area (Å²) in [5, 5.41) is 3.11. The van der Waals surface area contributed by atoms with E-state index < -0.39 is 26.3 Å². The van der Waals surface area contributed by atoms with Crippen molar-refractivity contribution in [2.75, 3.05) is 45.5 Å². The largest absolute Gasteiger partial charge is 0.416 e. The molecule has 0 spiro atoms. The first-order valence-electron chi connectivity index (χ1n) is 9.90. The van der Waals surface area contributed by atoms with Crippen LogP contribution in [0.2, 0.25) is 0 Å². The van der Waals surface area contributed by atoms with Gasteiger partial charge in [0.25, 0.3) is 0 Å². The van der Waals surface area contributed by atoms with Crippen LogP contribution in [0.15, 0.2) is 29.3 Å². The van der Waals surface area contributed by atoms with Crippen LogP contribution in [-0.4, -0.2) is 74.4 Å². The van der Waals surface area contributed by atoms with Crippen molar-refractivity contribution in [1.29, 1.82) is 0 Å². The lowest BCUT2D eigenvalue weighted by atomic mass is 10.1. The van der Waals surface area contributed by atoms with Crippen molar-refractivity contribution in [3.05, 3.63) is 35.4 Å². The maximum absolute atomic E-state index is 12.9. The van der Waals surface area contributed by atoms with E-state index in [-0.39, 0.29) is 12.3 Å². The Morgan fingerprint density at radius 1 is 1.13 bits per heavy atom. The lowest BCUT2D eigenvalue weighted by Gasteiger charge is -2.36. The Morgan fingerprint density at radius 3 is 2.30 bits per heavy atom. The van der Waals surface area contributed by atoms with Gasteiger partial charge in [-0.2, -0.15) is 13.2 Å². The molecule has 30 heavy (non-hydrogen) atoms. The molecule has 1 N–H and O–H groups in total. The first-order chi connectivity index (χ1) is 13.8. The molecule has 0 amide bonds. The second kappa shape index (κ2) is 9.55. The molecule has 6 nitrogen and oxygen atoms in total. The predicted molar refractivity (Wildman–Crippen MR) is 113 cm³/mol. The van der Waals surface area contributed by atoms with Crippen LogP contribution >= 0.6 is 0 Å². The first-order valence-corrected chi connectivity index (χ1v) is 11.5. The lowest BCUT2D eigenvalue weighted by molar-refractivity contribution is -0.137. The van der Waals surface area contributed by atoms with Crippen LogP contribution in [-0.2, 0) is 22.6 Å². The molecular formula is C20H31F3N4O2S. The molecule has 10 heteroatoms. The highest BCUT2D eigenvalue weighted by Gasteiger charge is 2.31. The van der Waals surface area contributed by atoms with Gasteiger partial charge < -0.3 is 10.2 Å². The molecule has 1 fully saturated rings. The molecule has 0 saturated carbocycles. The summed E-state index contributed by atoms with van der Waals surface area (Å²) in [6.07, 6.45) is -4.34. The fourth-order valence-electron chi connectivity index (χ4n) is 3.16. The fraction of sp³-hybridized carbons (Fsp3) is 0.650. The smallest absolute Gasteiger partial charge is 0.355 e. The van der Waals surface area contributed by atoms with Crippen LogP contribution in [0, 0.1) is 0 Å². The molecule has 1 aromatic carbocycles. The summed E-state index contributed by atoms with van der Waals surface area (Å²) in [4.78, 5) is 8.37. The summed E-state index contributed by atoms with van der Waals surface area (Å²) in [7, 11) is -1.57. The molecule has 1 aliphatic rings. The standard InChI is InChI=1S/C20H31F3N4O2S/c1-19(2,3)30(28,29)13-8-25-18(24-4)27-11-9-26(10-12-27)15-16-6-5-7-17(14-16)20(21,22)23/h5-7,14H,8-13,15H2,1-4H3,(H,24,25). The van der Waals surface area contributed by atoms with E-state index in [4.69, 9.17) is 0 Å². The molecule has 1 aliphatic heterocycles. The zero-order valence-corrected chi connectivity index (χ0v) is 18.8. The Bertz CT molecular complexity index is 840.